The maximum atomic E-state index is 12.2. The number of carbonyl (C=O) groups excluding carboxylic acids is 2. The molecule has 0 radical (unpaired) electrons. The summed E-state index contributed by atoms with van der Waals surface area (Å²) in [5, 5.41) is 6.03. The Labute approximate surface area is 108 Å². The molecule has 17 heavy (non-hydrogen) atoms. The van der Waals surface area contributed by atoms with Gasteiger partial charge in [0.2, 0.25) is 11.8 Å². The smallest absolute Gasteiger partial charge is 0.227 e. The lowest BCUT2D eigenvalue weighted by molar-refractivity contribution is -0.140. The van der Waals surface area contributed by atoms with Crippen LogP contribution < -0.4 is 10.6 Å². The molecule has 0 saturated carbocycles. The molecule has 0 aromatic carbocycles. The molecule has 0 aliphatic carbocycles. The summed E-state index contributed by atoms with van der Waals surface area (Å²) in [6.07, 6.45) is 1.18. The Morgan fingerprint density at radius 1 is 1.41 bits per heavy atom. The van der Waals surface area contributed by atoms with Crippen LogP contribution in [0, 0.1) is 5.92 Å². The Morgan fingerprint density at radius 2 is 2.18 bits per heavy atom. The molecule has 2 heterocycles. The van der Waals surface area contributed by atoms with Crippen LogP contribution in [0.2, 0.25) is 0 Å². The molecule has 0 aromatic rings. The average molecular weight is 262 g/mol. The molecule has 98 valence electrons. The van der Waals surface area contributed by atoms with E-state index < -0.39 is 0 Å². The van der Waals surface area contributed by atoms with Gasteiger partial charge >= 0.3 is 0 Å². The van der Waals surface area contributed by atoms with Gasteiger partial charge in [-0.2, -0.15) is 0 Å². The van der Waals surface area contributed by atoms with E-state index in [2.05, 4.69) is 17.6 Å². The fourth-order valence-corrected chi connectivity index (χ4v) is 2.35. The van der Waals surface area contributed by atoms with Gasteiger partial charge in [0, 0.05) is 38.6 Å². The van der Waals surface area contributed by atoms with Gasteiger partial charge in [0.05, 0.1) is 5.92 Å². The largest absolute Gasteiger partial charge is 0.355 e. The van der Waals surface area contributed by atoms with Crippen molar-refractivity contribution >= 4 is 24.2 Å². The Bertz CT molecular complexity index is 288. The molecule has 0 spiro atoms. The fraction of sp³-hybridized carbons (Fsp3) is 0.818. The highest BCUT2D eigenvalue weighted by Gasteiger charge is 2.31. The highest BCUT2D eigenvalue weighted by atomic mass is 35.5. The molecule has 2 amide bonds. The summed E-state index contributed by atoms with van der Waals surface area (Å²) >= 11 is 0. The fourth-order valence-electron chi connectivity index (χ4n) is 2.35. The molecule has 5 nitrogen and oxygen atoms in total. The summed E-state index contributed by atoms with van der Waals surface area (Å²) in [4.78, 5) is 25.2. The highest BCUT2D eigenvalue weighted by molar-refractivity contribution is 5.85. The van der Waals surface area contributed by atoms with Gasteiger partial charge in [0.25, 0.3) is 0 Å². The Balaban J connectivity index is 0.00000144. The van der Waals surface area contributed by atoms with Crippen LogP contribution in [0.3, 0.4) is 0 Å². The average Bonchev–Trinajstić information content (AvgIpc) is 2.30. The van der Waals surface area contributed by atoms with Gasteiger partial charge in [-0.1, -0.05) is 0 Å². The van der Waals surface area contributed by atoms with Crippen LogP contribution in [0.4, 0.5) is 0 Å². The van der Waals surface area contributed by atoms with E-state index in [1.165, 1.54) is 0 Å². The van der Waals surface area contributed by atoms with Gasteiger partial charge in [-0.05, 0) is 13.3 Å². The van der Waals surface area contributed by atoms with Crippen molar-refractivity contribution in [2.45, 2.75) is 25.8 Å². The molecule has 1 unspecified atom stereocenters. The van der Waals surface area contributed by atoms with Crippen molar-refractivity contribution in [1.82, 2.24) is 15.5 Å². The van der Waals surface area contributed by atoms with Crippen LogP contribution in [-0.2, 0) is 9.59 Å². The first kappa shape index (κ1) is 14.3. The molecule has 0 aromatic heterocycles. The first-order valence-corrected chi connectivity index (χ1v) is 5.96. The van der Waals surface area contributed by atoms with E-state index in [1.807, 2.05) is 4.90 Å². The second-order valence-electron chi connectivity index (χ2n) is 4.62. The second-order valence-corrected chi connectivity index (χ2v) is 4.62. The highest BCUT2D eigenvalue weighted by Crippen LogP contribution is 2.16. The molecule has 2 fully saturated rings. The lowest BCUT2D eigenvalue weighted by Crippen LogP contribution is -2.55. The third-order valence-electron chi connectivity index (χ3n) is 3.40. The lowest BCUT2D eigenvalue weighted by Gasteiger charge is -2.37. The molecule has 2 N–H and O–H groups in total. The SMILES string of the molecule is C[C@H]1CNCCN1C(=O)C1CCC(=O)NC1.Cl. The molecule has 2 saturated heterocycles. The van der Waals surface area contributed by atoms with Crippen molar-refractivity contribution in [3.05, 3.63) is 0 Å². The predicted octanol–water partition coefficient (Wildman–Crippen LogP) is -0.245. The number of piperidine rings is 1. The monoisotopic (exact) mass is 261 g/mol. The van der Waals surface area contributed by atoms with Gasteiger partial charge in [-0.15, -0.1) is 12.4 Å². The molecule has 0 bridgehead atoms. The summed E-state index contributed by atoms with van der Waals surface area (Å²) in [6, 6.07) is 0.263. The van der Waals surface area contributed by atoms with Crippen LogP contribution >= 0.6 is 12.4 Å². The molecule has 2 rings (SSSR count). The number of nitrogens with zero attached hydrogens (tertiary/aromatic N) is 1. The molecular weight excluding hydrogens is 242 g/mol. The van der Waals surface area contributed by atoms with Crippen molar-refractivity contribution in [3.8, 4) is 0 Å². The van der Waals surface area contributed by atoms with E-state index in [9.17, 15) is 9.59 Å². The minimum absolute atomic E-state index is 0. The zero-order chi connectivity index (χ0) is 11.5. The van der Waals surface area contributed by atoms with Gasteiger partial charge in [0.1, 0.15) is 0 Å². The number of hydrogen-bond acceptors (Lipinski definition) is 3. The maximum Gasteiger partial charge on any atom is 0.227 e. The van der Waals surface area contributed by atoms with E-state index in [0.29, 0.717) is 19.4 Å². The zero-order valence-electron chi connectivity index (χ0n) is 10.1. The normalized spacial score (nSPS) is 29.2. The van der Waals surface area contributed by atoms with E-state index in [-0.39, 0.29) is 36.2 Å². The summed E-state index contributed by atoms with van der Waals surface area (Å²) < 4.78 is 0. The van der Waals surface area contributed by atoms with Crippen LogP contribution in [0.25, 0.3) is 0 Å². The quantitative estimate of drug-likeness (QED) is 0.685. The molecule has 2 atom stereocenters. The Morgan fingerprint density at radius 3 is 2.76 bits per heavy atom. The Kier molecular flexibility index (Phi) is 5.21. The number of piperazine rings is 1. The second kappa shape index (κ2) is 6.21. The minimum Gasteiger partial charge on any atom is -0.355 e. The Hall–Kier alpha value is -0.810. The maximum absolute atomic E-state index is 12.2. The number of halogens is 1. The van der Waals surface area contributed by atoms with Crippen LogP contribution in [-0.4, -0.2) is 48.9 Å². The first-order chi connectivity index (χ1) is 7.68. The summed E-state index contributed by atoms with van der Waals surface area (Å²) in [7, 11) is 0. The van der Waals surface area contributed by atoms with Crippen molar-refractivity contribution in [2.75, 3.05) is 26.2 Å². The molecule has 6 heteroatoms. The van der Waals surface area contributed by atoms with E-state index >= 15 is 0 Å². The number of carbonyl (C=O) groups is 2. The summed E-state index contributed by atoms with van der Waals surface area (Å²) in [5.74, 6) is 0.254. The topological polar surface area (TPSA) is 61.4 Å². The summed E-state index contributed by atoms with van der Waals surface area (Å²) in [5.41, 5.74) is 0. The molecule has 2 aliphatic rings. The number of hydrogen-bond donors (Lipinski definition) is 2. The number of rotatable bonds is 1. The van der Waals surface area contributed by atoms with Crippen LogP contribution in [0.15, 0.2) is 0 Å². The molecule has 2 aliphatic heterocycles. The number of amides is 2. The van der Waals surface area contributed by atoms with Gasteiger partial charge in [-0.3, -0.25) is 9.59 Å². The summed E-state index contributed by atoms with van der Waals surface area (Å²) in [6.45, 7) is 5.09. The standard InChI is InChI=1S/C11H19N3O2.ClH/c1-8-6-12-4-5-14(8)11(16)9-2-3-10(15)13-7-9;/h8-9,12H,2-7H2,1H3,(H,13,15);1H/t8-,9?;/m0./s1. The third-order valence-corrected chi connectivity index (χ3v) is 3.40. The zero-order valence-corrected chi connectivity index (χ0v) is 10.9. The van der Waals surface area contributed by atoms with Gasteiger partial charge in [0.15, 0.2) is 0 Å². The van der Waals surface area contributed by atoms with Crippen molar-refractivity contribution in [2.24, 2.45) is 5.92 Å². The first-order valence-electron chi connectivity index (χ1n) is 5.96. The predicted molar refractivity (Wildman–Crippen MR) is 67.0 cm³/mol. The molecular formula is C11H20ClN3O2. The van der Waals surface area contributed by atoms with E-state index in [4.69, 9.17) is 0 Å². The van der Waals surface area contributed by atoms with E-state index in [0.717, 1.165) is 19.6 Å². The lowest BCUT2D eigenvalue weighted by atomic mass is 9.96. The van der Waals surface area contributed by atoms with Crippen molar-refractivity contribution in [1.29, 1.82) is 0 Å². The minimum atomic E-state index is -0.0155. The van der Waals surface area contributed by atoms with Crippen molar-refractivity contribution in [3.63, 3.8) is 0 Å². The van der Waals surface area contributed by atoms with Crippen LogP contribution in [0.1, 0.15) is 19.8 Å². The van der Waals surface area contributed by atoms with Gasteiger partial charge < -0.3 is 15.5 Å². The van der Waals surface area contributed by atoms with Crippen molar-refractivity contribution < 1.29 is 9.59 Å². The third kappa shape index (κ3) is 3.33. The number of nitrogens with one attached hydrogen (secondary N) is 2. The van der Waals surface area contributed by atoms with Crippen LogP contribution in [0.5, 0.6) is 0 Å². The van der Waals surface area contributed by atoms with E-state index in [1.54, 1.807) is 0 Å². The van der Waals surface area contributed by atoms with Gasteiger partial charge in [-0.25, -0.2) is 0 Å².